The van der Waals surface area contributed by atoms with E-state index >= 15 is 0 Å². The van der Waals surface area contributed by atoms with Gasteiger partial charge in [0.1, 0.15) is 0 Å². The van der Waals surface area contributed by atoms with E-state index in [1.807, 2.05) is 0 Å². The second kappa shape index (κ2) is 13.2. The number of rotatable bonds is 6. The van der Waals surface area contributed by atoms with E-state index < -0.39 is 0 Å². The molecule has 0 atom stereocenters. The summed E-state index contributed by atoms with van der Waals surface area (Å²) in [4.78, 5) is 2.31. The fraction of sp³-hybridized carbons (Fsp3) is 0.0588. The molecule has 1 aliphatic heterocycles. The average Bonchev–Trinajstić information content (AvgIpc) is 3.41. The van der Waals surface area contributed by atoms with Crippen molar-refractivity contribution in [3.8, 4) is 11.1 Å². The Hall–Kier alpha value is -6.64. The molecule has 0 spiro atoms. The quantitative estimate of drug-likeness (QED) is 0.176. The summed E-state index contributed by atoms with van der Waals surface area (Å²) >= 11 is 0. The van der Waals surface area contributed by atoms with Crippen LogP contribution in [0.25, 0.3) is 49.9 Å². The monoisotopic (exact) mass is 680 g/mol. The van der Waals surface area contributed by atoms with Gasteiger partial charge in [0.25, 0.3) is 0 Å². The molecule has 0 fully saturated rings. The predicted octanol–water partition coefficient (Wildman–Crippen LogP) is 13.7. The molecule has 1 aliphatic carbocycles. The number of anilines is 3. The lowest BCUT2D eigenvalue weighted by atomic mass is 9.82. The largest absolute Gasteiger partial charge is 0.361 e. The molecule has 1 heterocycles. The molecule has 7 aromatic carbocycles. The molecule has 7 aromatic rings. The Morgan fingerprint density at radius 3 is 2.23 bits per heavy atom. The lowest BCUT2D eigenvalue weighted by Gasteiger charge is -2.28. The van der Waals surface area contributed by atoms with Crippen molar-refractivity contribution in [2.45, 2.75) is 19.3 Å². The number of benzene rings is 7. The summed E-state index contributed by atoms with van der Waals surface area (Å²) < 4.78 is 0. The minimum Gasteiger partial charge on any atom is -0.361 e. The summed E-state index contributed by atoms with van der Waals surface area (Å²) in [6.07, 6.45) is 15.0. The molecule has 2 nitrogen and oxygen atoms in total. The maximum Gasteiger partial charge on any atom is 0.0540 e. The molecular weight excluding hydrogens is 641 g/mol. The Labute approximate surface area is 312 Å². The smallest absolute Gasteiger partial charge is 0.0540 e. The molecule has 9 rings (SSSR count). The molecule has 0 radical (unpaired) electrons. The van der Waals surface area contributed by atoms with Crippen LogP contribution in [0, 0.1) is 0 Å². The van der Waals surface area contributed by atoms with Crippen molar-refractivity contribution in [2.24, 2.45) is 0 Å². The lowest BCUT2D eigenvalue weighted by Crippen LogP contribution is -2.17. The topological polar surface area (TPSA) is 15.3 Å². The van der Waals surface area contributed by atoms with Crippen LogP contribution in [0.5, 0.6) is 0 Å². The third-order valence-corrected chi connectivity index (χ3v) is 10.8. The van der Waals surface area contributed by atoms with Crippen LogP contribution in [-0.2, 0) is 5.41 Å². The van der Waals surface area contributed by atoms with Gasteiger partial charge in [-0.05, 0) is 109 Å². The first-order chi connectivity index (χ1) is 25.9. The molecule has 53 heavy (non-hydrogen) atoms. The van der Waals surface area contributed by atoms with Crippen molar-refractivity contribution in [1.29, 1.82) is 0 Å². The van der Waals surface area contributed by atoms with Crippen LogP contribution in [-0.4, -0.2) is 0 Å². The van der Waals surface area contributed by atoms with Crippen LogP contribution in [0.1, 0.15) is 41.7 Å². The first kappa shape index (κ1) is 32.3. The molecule has 254 valence electrons. The summed E-state index contributed by atoms with van der Waals surface area (Å²) in [7, 11) is 0. The summed E-state index contributed by atoms with van der Waals surface area (Å²) in [6.45, 7) is 9.16. The minimum atomic E-state index is -0.196. The summed E-state index contributed by atoms with van der Waals surface area (Å²) in [5.74, 6) is 0. The van der Waals surface area contributed by atoms with E-state index in [-0.39, 0.29) is 5.41 Å². The molecule has 0 saturated carbocycles. The highest BCUT2D eigenvalue weighted by atomic mass is 15.1. The van der Waals surface area contributed by atoms with E-state index in [1.165, 1.54) is 49.4 Å². The molecule has 0 bridgehead atoms. The van der Waals surface area contributed by atoms with Gasteiger partial charge in [0.05, 0.1) is 5.69 Å². The van der Waals surface area contributed by atoms with Crippen molar-refractivity contribution in [2.75, 3.05) is 10.2 Å². The summed E-state index contributed by atoms with van der Waals surface area (Å²) in [5, 5.41) is 8.57. The van der Waals surface area contributed by atoms with Crippen molar-refractivity contribution >= 4 is 55.8 Å². The van der Waals surface area contributed by atoms with E-state index in [2.05, 4.69) is 219 Å². The molecule has 2 heteroatoms. The lowest BCUT2D eigenvalue weighted by molar-refractivity contribution is 0.660. The molecular formula is C51H40N2. The van der Waals surface area contributed by atoms with Gasteiger partial charge in [-0.25, -0.2) is 0 Å². The van der Waals surface area contributed by atoms with Crippen molar-refractivity contribution < 1.29 is 0 Å². The zero-order chi connectivity index (χ0) is 35.9. The van der Waals surface area contributed by atoms with Crippen molar-refractivity contribution in [1.82, 2.24) is 0 Å². The molecule has 0 unspecified atom stereocenters. The highest BCUT2D eigenvalue weighted by Gasteiger charge is 2.36. The number of hydrogen-bond donors (Lipinski definition) is 1. The fourth-order valence-electron chi connectivity index (χ4n) is 7.97. The van der Waals surface area contributed by atoms with Gasteiger partial charge in [-0.1, -0.05) is 154 Å². The van der Waals surface area contributed by atoms with Crippen LogP contribution >= 0.6 is 0 Å². The Kier molecular flexibility index (Phi) is 8.01. The predicted molar refractivity (Wildman–Crippen MR) is 228 cm³/mol. The summed E-state index contributed by atoms with van der Waals surface area (Å²) in [5.41, 5.74) is 14.0. The Balaban J connectivity index is 1.06. The van der Waals surface area contributed by atoms with Gasteiger partial charge in [0, 0.05) is 34.8 Å². The van der Waals surface area contributed by atoms with E-state index in [4.69, 9.17) is 0 Å². The SMILES string of the molecule is C=C1/C=C\C=C/N(c2ccc3c(c2)C(C)(C)c2cc(N/C=C(\C=C/c4ccccc4)c4ccc5ccccc5c4)ccc2-3)c2ccc3ccccc3c21. The van der Waals surface area contributed by atoms with Gasteiger partial charge in [-0.15, -0.1) is 0 Å². The average molecular weight is 681 g/mol. The van der Waals surface area contributed by atoms with Crippen LogP contribution in [0.3, 0.4) is 0 Å². The second-order valence-corrected chi connectivity index (χ2v) is 14.4. The molecule has 0 amide bonds. The maximum atomic E-state index is 4.47. The zero-order valence-electron chi connectivity index (χ0n) is 30.1. The zero-order valence-corrected chi connectivity index (χ0v) is 30.1. The number of nitrogens with one attached hydrogen (secondary N) is 1. The number of hydrogen-bond acceptors (Lipinski definition) is 2. The molecule has 0 aromatic heterocycles. The number of fused-ring (bicyclic) bond motifs is 7. The first-order valence-corrected chi connectivity index (χ1v) is 18.3. The first-order valence-electron chi connectivity index (χ1n) is 18.3. The third-order valence-electron chi connectivity index (χ3n) is 10.8. The van der Waals surface area contributed by atoms with Crippen LogP contribution < -0.4 is 10.2 Å². The number of nitrogens with zero attached hydrogens (tertiary/aromatic N) is 1. The Morgan fingerprint density at radius 1 is 0.660 bits per heavy atom. The van der Waals surface area contributed by atoms with Gasteiger partial charge in [0.2, 0.25) is 0 Å². The van der Waals surface area contributed by atoms with Gasteiger partial charge in [-0.2, -0.15) is 0 Å². The summed E-state index contributed by atoms with van der Waals surface area (Å²) in [6, 6.07) is 52.4. The van der Waals surface area contributed by atoms with Crippen LogP contribution in [0.2, 0.25) is 0 Å². The fourth-order valence-corrected chi connectivity index (χ4v) is 7.97. The molecule has 0 saturated heterocycles. The minimum absolute atomic E-state index is 0.196. The Morgan fingerprint density at radius 2 is 1.38 bits per heavy atom. The standard InChI is InChI=1S/C51H40N2/c1-35-13-11-12-30-53(49-29-24-38-17-9-10-19-44(38)50(35)49)43-26-28-46-45-27-25-42(32-47(45)51(2,3)48(46)33-43)52-34-41(21-20-36-14-5-4-6-15-36)40-23-22-37-16-7-8-18-39(37)31-40/h4-34,52H,1H2,2-3H3/b13-11-,21-20-,30-12-,41-34+. The molecule has 2 aliphatic rings. The second-order valence-electron chi connectivity index (χ2n) is 14.4. The highest BCUT2D eigenvalue weighted by molar-refractivity contribution is 6.02. The molecule has 1 N–H and O–H groups in total. The van der Waals surface area contributed by atoms with Gasteiger partial charge in [-0.3, -0.25) is 0 Å². The van der Waals surface area contributed by atoms with Crippen molar-refractivity contribution in [3.05, 3.63) is 217 Å². The van der Waals surface area contributed by atoms with E-state index in [9.17, 15) is 0 Å². The van der Waals surface area contributed by atoms with Crippen LogP contribution in [0.4, 0.5) is 17.1 Å². The van der Waals surface area contributed by atoms with Gasteiger partial charge >= 0.3 is 0 Å². The van der Waals surface area contributed by atoms with Gasteiger partial charge < -0.3 is 10.2 Å². The van der Waals surface area contributed by atoms with E-state index in [0.717, 1.165) is 39.3 Å². The highest BCUT2D eigenvalue weighted by Crippen LogP contribution is 2.51. The van der Waals surface area contributed by atoms with Crippen LogP contribution in [0.15, 0.2) is 189 Å². The normalized spacial score (nSPS) is 15.8. The van der Waals surface area contributed by atoms with Gasteiger partial charge in [0.15, 0.2) is 0 Å². The maximum absolute atomic E-state index is 4.47. The number of allylic oxidation sites excluding steroid dienone is 6. The van der Waals surface area contributed by atoms with E-state index in [0.29, 0.717) is 0 Å². The Bertz CT molecular complexity index is 2690. The van der Waals surface area contributed by atoms with Crippen molar-refractivity contribution in [3.63, 3.8) is 0 Å². The van der Waals surface area contributed by atoms with E-state index in [1.54, 1.807) is 0 Å². The third kappa shape index (κ3) is 5.89.